The fourth-order valence-electron chi connectivity index (χ4n) is 3.39. The van der Waals surface area contributed by atoms with Crippen molar-refractivity contribution in [1.82, 2.24) is 15.2 Å². The third-order valence-electron chi connectivity index (χ3n) is 4.99. The number of rotatable bonds is 11. The lowest BCUT2D eigenvalue weighted by Crippen LogP contribution is -2.34. The van der Waals surface area contributed by atoms with Crippen molar-refractivity contribution in [2.24, 2.45) is 0 Å². The van der Waals surface area contributed by atoms with Gasteiger partial charge in [0.25, 0.3) is 11.7 Å². The van der Waals surface area contributed by atoms with E-state index in [0.717, 1.165) is 26.1 Å². The molecule has 0 aliphatic carbocycles. The lowest BCUT2D eigenvalue weighted by molar-refractivity contribution is -0.117. The van der Waals surface area contributed by atoms with E-state index in [2.05, 4.69) is 29.0 Å². The number of hydrogen-bond acceptors (Lipinski definition) is 5. The second-order valence-electron chi connectivity index (χ2n) is 6.93. The molecule has 0 saturated heterocycles. The molecule has 1 amide bonds. The maximum Gasteiger partial charge on any atom is 0.340 e. The third kappa shape index (κ3) is 5.57. The van der Waals surface area contributed by atoms with Crippen LogP contribution in [0, 0.1) is 6.92 Å². The number of aromatic nitrogens is 1. The molecule has 0 atom stereocenters. The van der Waals surface area contributed by atoms with E-state index in [1.165, 1.54) is 0 Å². The molecule has 0 aliphatic rings. The van der Waals surface area contributed by atoms with Gasteiger partial charge in [-0.25, -0.2) is 4.79 Å². The molecule has 0 fully saturated rings. The molecule has 7 heteroatoms. The van der Waals surface area contributed by atoms with Crippen molar-refractivity contribution >= 4 is 17.7 Å². The number of ether oxygens (including phenoxy) is 1. The van der Waals surface area contributed by atoms with Gasteiger partial charge in [0.05, 0.1) is 12.2 Å². The number of hydrogen-bond donors (Lipinski definition) is 2. The van der Waals surface area contributed by atoms with E-state index in [9.17, 15) is 14.4 Å². The molecule has 1 aromatic carbocycles. The minimum atomic E-state index is -0.699. The first-order valence-electron chi connectivity index (χ1n) is 10.4. The van der Waals surface area contributed by atoms with Crippen LogP contribution in [-0.4, -0.2) is 60.3 Å². The van der Waals surface area contributed by atoms with Crippen LogP contribution < -0.4 is 5.32 Å². The van der Waals surface area contributed by atoms with Crippen molar-refractivity contribution < 1.29 is 19.1 Å². The minimum absolute atomic E-state index is 0.1000. The van der Waals surface area contributed by atoms with Crippen molar-refractivity contribution in [1.29, 1.82) is 0 Å². The Morgan fingerprint density at radius 1 is 1.07 bits per heavy atom. The number of benzene rings is 1. The van der Waals surface area contributed by atoms with E-state index in [0.29, 0.717) is 23.4 Å². The number of aryl methyl sites for hydroxylation is 1. The quantitative estimate of drug-likeness (QED) is 0.255. The number of ketones is 1. The van der Waals surface area contributed by atoms with Crippen molar-refractivity contribution in [3.8, 4) is 11.1 Å². The average Bonchev–Trinajstić information content (AvgIpc) is 3.11. The molecule has 1 aromatic heterocycles. The zero-order valence-corrected chi connectivity index (χ0v) is 18.2. The summed E-state index contributed by atoms with van der Waals surface area (Å²) in [6, 6.07) is 9.06. The first kappa shape index (κ1) is 23.3. The van der Waals surface area contributed by atoms with Crippen LogP contribution in [0.4, 0.5) is 0 Å². The Bertz CT molecular complexity index is 870. The number of nitrogens with zero attached hydrogens (tertiary/aromatic N) is 1. The summed E-state index contributed by atoms with van der Waals surface area (Å²) < 4.78 is 5.17. The fourth-order valence-corrected chi connectivity index (χ4v) is 3.39. The molecule has 0 bridgehead atoms. The topological polar surface area (TPSA) is 91.5 Å². The molecule has 30 heavy (non-hydrogen) atoms. The van der Waals surface area contributed by atoms with Crippen LogP contribution in [0.3, 0.4) is 0 Å². The standard InChI is InChI=1S/C23H31N3O4/c1-5-26(6-2)15-11-14-24-22(28)21(27)20-19(17-12-9-8-10-13-17)18(16(4)25-20)23(29)30-7-3/h8-10,12-13,25H,5-7,11,14-15H2,1-4H3,(H,24,28). The van der Waals surface area contributed by atoms with Gasteiger partial charge in [-0.2, -0.15) is 0 Å². The first-order chi connectivity index (χ1) is 14.4. The largest absolute Gasteiger partial charge is 0.462 e. The van der Waals surface area contributed by atoms with Crippen molar-refractivity contribution in [2.45, 2.75) is 34.1 Å². The van der Waals surface area contributed by atoms with Crippen LogP contribution in [0.1, 0.15) is 53.7 Å². The number of amides is 1. The van der Waals surface area contributed by atoms with E-state index >= 15 is 0 Å². The van der Waals surface area contributed by atoms with E-state index in [1.54, 1.807) is 26.0 Å². The molecule has 162 valence electrons. The van der Waals surface area contributed by atoms with Gasteiger partial charge in [0.15, 0.2) is 0 Å². The SMILES string of the molecule is CCOC(=O)c1c(C)[nH]c(C(=O)C(=O)NCCCN(CC)CC)c1-c1ccccc1. The summed E-state index contributed by atoms with van der Waals surface area (Å²) in [6.45, 7) is 11.0. The third-order valence-corrected chi connectivity index (χ3v) is 4.99. The summed E-state index contributed by atoms with van der Waals surface area (Å²) in [5, 5.41) is 2.69. The molecular weight excluding hydrogens is 382 g/mol. The van der Waals surface area contributed by atoms with Gasteiger partial charge in [-0.05, 0) is 45.5 Å². The highest BCUT2D eigenvalue weighted by Crippen LogP contribution is 2.31. The van der Waals surface area contributed by atoms with Gasteiger partial charge in [-0.1, -0.05) is 44.2 Å². The van der Waals surface area contributed by atoms with Crippen LogP contribution in [0.25, 0.3) is 11.1 Å². The Morgan fingerprint density at radius 3 is 2.33 bits per heavy atom. The number of aromatic amines is 1. The highest BCUT2D eigenvalue weighted by Gasteiger charge is 2.29. The smallest absolute Gasteiger partial charge is 0.340 e. The van der Waals surface area contributed by atoms with Crippen LogP contribution >= 0.6 is 0 Å². The van der Waals surface area contributed by atoms with Gasteiger partial charge in [0.1, 0.15) is 5.69 Å². The summed E-state index contributed by atoms with van der Waals surface area (Å²) in [7, 11) is 0. The molecule has 7 nitrogen and oxygen atoms in total. The highest BCUT2D eigenvalue weighted by molar-refractivity contribution is 6.43. The summed E-state index contributed by atoms with van der Waals surface area (Å²) in [5.41, 5.74) is 1.94. The lowest BCUT2D eigenvalue weighted by Gasteiger charge is -2.17. The van der Waals surface area contributed by atoms with Crippen LogP contribution in [0.2, 0.25) is 0 Å². The van der Waals surface area contributed by atoms with Crippen LogP contribution in [0.5, 0.6) is 0 Å². The number of nitrogens with one attached hydrogen (secondary N) is 2. The number of esters is 1. The van der Waals surface area contributed by atoms with E-state index in [1.807, 2.05) is 18.2 Å². The summed E-state index contributed by atoms with van der Waals surface area (Å²) in [6.07, 6.45) is 0.754. The number of carbonyl (C=O) groups is 3. The highest BCUT2D eigenvalue weighted by atomic mass is 16.5. The summed E-state index contributed by atoms with van der Waals surface area (Å²) in [4.78, 5) is 43.2. The lowest BCUT2D eigenvalue weighted by atomic mass is 9.98. The van der Waals surface area contributed by atoms with Gasteiger partial charge < -0.3 is 19.9 Å². The van der Waals surface area contributed by atoms with Crippen molar-refractivity contribution in [3.63, 3.8) is 0 Å². The fraction of sp³-hybridized carbons (Fsp3) is 0.435. The maximum atomic E-state index is 12.9. The summed E-state index contributed by atoms with van der Waals surface area (Å²) >= 11 is 0. The van der Waals surface area contributed by atoms with E-state index in [-0.39, 0.29) is 17.9 Å². The number of carbonyl (C=O) groups excluding carboxylic acids is 3. The Labute approximate surface area is 177 Å². The number of Topliss-reactive ketones (excluding diaryl/α,β-unsaturated/α-hetero) is 1. The second kappa shape index (κ2) is 11.3. The Morgan fingerprint density at radius 2 is 1.73 bits per heavy atom. The van der Waals surface area contributed by atoms with Gasteiger partial charge in [-0.3, -0.25) is 9.59 Å². The van der Waals surface area contributed by atoms with Crippen LogP contribution in [-0.2, 0) is 9.53 Å². The number of H-pyrrole nitrogens is 1. The van der Waals surface area contributed by atoms with Gasteiger partial charge >= 0.3 is 5.97 Å². The maximum absolute atomic E-state index is 12.9. The normalized spacial score (nSPS) is 10.8. The Hall–Kier alpha value is -2.93. The van der Waals surface area contributed by atoms with Crippen molar-refractivity contribution in [3.05, 3.63) is 47.3 Å². The van der Waals surface area contributed by atoms with E-state index < -0.39 is 17.7 Å². The molecule has 2 rings (SSSR count). The molecular formula is C23H31N3O4. The van der Waals surface area contributed by atoms with Crippen molar-refractivity contribution in [2.75, 3.05) is 32.8 Å². The molecule has 0 spiro atoms. The molecule has 2 N–H and O–H groups in total. The molecule has 0 aliphatic heterocycles. The zero-order valence-electron chi connectivity index (χ0n) is 18.2. The molecule has 0 radical (unpaired) electrons. The van der Waals surface area contributed by atoms with E-state index in [4.69, 9.17) is 4.74 Å². The summed E-state index contributed by atoms with van der Waals surface area (Å²) in [5.74, 6) is -1.91. The second-order valence-corrected chi connectivity index (χ2v) is 6.93. The van der Waals surface area contributed by atoms with Gasteiger partial charge in [-0.15, -0.1) is 0 Å². The minimum Gasteiger partial charge on any atom is -0.462 e. The first-order valence-corrected chi connectivity index (χ1v) is 10.4. The monoisotopic (exact) mass is 413 g/mol. The van der Waals surface area contributed by atoms with Crippen LogP contribution in [0.15, 0.2) is 30.3 Å². The molecule has 0 saturated carbocycles. The van der Waals surface area contributed by atoms with Gasteiger partial charge in [0, 0.05) is 17.8 Å². The Kier molecular flexibility index (Phi) is 8.80. The Balaban J connectivity index is 2.25. The predicted octanol–water partition coefficient (Wildman–Crippen LogP) is 3.20. The molecule has 2 aromatic rings. The predicted molar refractivity (Wildman–Crippen MR) is 117 cm³/mol. The van der Waals surface area contributed by atoms with Gasteiger partial charge in [0.2, 0.25) is 0 Å². The zero-order chi connectivity index (χ0) is 22.1. The molecule has 1 heterocycles. The molecule has 0 unspecified atom stereocenters. The average molecular weight is 414 g/mol.